The molecule has 3 rings (SSSR count). The van der Waals surface area contributed by atoms with Gasteiger partial charge < -0.3 is 43.7 Å². The number of carbonyl (C=O) groups is 1. The first kappa shape index (κ1) is 34.2. The third-order valence-electron chi connectivity index (χ3n) is 6.86. The van der Waals surface area contributed by atoms with Gasteiger partial charge in [0, 0.05) is 19.1 Å². The van der Waals surface area contributed by atoms with Crippen LogP contribution in [0.4, 0.5) is 4.39 Å². The number of esters is 1. The van der Waals surface area contributed by atoms with Crippen LogP contribution in [0.5, 0.6) is 11.5 Å². The first-order chi connectivity index (χ1) is 20.4. The van der Waals surface area contributed by atoms with Crippen molar-refractivity contribution in [1.29, 1.82) is 0 Å². The molecule has 236 valence electrons. The lowest BCUT2D eigenvalue weighted by Crippen LogP contribution is -2.39. The minimum atomic E-state index is -1.87. The molecule has 1 heterocycles. The number of methoxy groups -OCH3 is 2. The number of benzene rings is 2. The lowest BCUT2D eigenvalue weighted by molar-refractivity contribution is -0.154. The Balaban J connectivity index is 1.95. The van der Waals surface area contributed by atoms with E-state index in [-0.39, 0.29) is 30.1 Å². The van der Waals surface area contributed by atoms with E-state index in [0.29, 0.717) is 11.3 Å². The lowest BCUT2D eigenvalue weighted by atomic mass is 9.98. The molecule has 11 heteroatoms. The summed E-state index contributed by atoms with van der Waals surface area (Å²) in [5.41, 5.74) is 0.711. The molecular weight excluding hydrogens is 563 g/mol. The van der Waals surface area contributed by atoms with Crippen LogP contribution < -0.4 is 9.47 Å². The van der Waals surface area contributed by atoms with Gasteiger partial charge in [0.25, 0.3) is 0 Å². The molecule has 2 aromatic rings. The molecule has 1 unspecified atom stereocenters. The van der Waals surface area contributed by atoms with Crippen molar-refractivity contribution in [3.63, 3.8) is 0 Å². The Morgan fingerprint density at radius 1 is 1.09 bits per heavy atom. The number of halogens is 1. The highest BCUT2D eigenvalue weighted by Crippen LogP contribution is 2.37. The summed E-state index contributed by atoms with van der Waals surface area (Å²) in [6, 6.07) is 11.3. The molecule has 2 aromatic carbocycles. The molecule has 10 nitrogen and oxygen atoms in total. The van der Waals surface area contributed by atoms with Crippen molar-refractivity contribution in [2.75, 3.05) is 21.0 Å². The molecule has 43 heavy (non-hydrogen) atoms. The lowest BCUT2D eigenvalue weighted by Gasteiger charge is -2.26. The zero-order valence-electron chi connectivity index (χ0n) is 25.2. The molecule has 0 aliphatic carbocycles. The number of carbonyl (C=O) groups excluding carboxylic acids is 1. The average molecular weight is 605 g/mol. The van der Waals surface area contributed by atoms with Crippen molar-refractivity contribution < 1.29 is 52.9 Å². The fourth-order valence-electron chi connectivity index (χ4n) is 4.55. The normalized spacial score (nSPS) is 20.7. The Morgan fingerprint density at radius 2 is 1.79 bits per heavy atom. The molecule has 0 aromatic heterocycles. The quantitative estimate of drug-likeness (QED) is 0.206. The van der Waals surface area contributed by atoms with Gasteiger partial charge in [0.2, 0.25) is 0 Å². The maximum Gasteiger partial charge on any atom is 0.338 e. The van der Waals surface area contributed by atoms with Crippen molar-refractivity contribution in [2.24, 2.45) is 5.92 Å². The molecule has 1 saturated heterocycles. The van der Waals surface area contributed by atoms with Gasteiger partial charge in [0.15, 0.2) is 25.0 Å². The second-order valence-corrected chi connectivity index (χ2v) is 10.7. The minimum Gasteiger partial charge on any atom is -0.497 e. The Labute approximate surface area is 251 Å². The second-order valence-electron chi connectivity index (χ2n) is 10.7. The maximum atomic E-state index is 15.8. The van der Waals surface area contributed by atoms with Gasteiger partial charge in [-0.25, -0.2) is 9.18 Å². The summed E-state index contributed by atoms with van der Waals surface area (Å²) in [5, 5.41) is 30.1. The van der Waals surface area contributed by atoms with Crippen LogP contribution in [-0.2, 0) is 18.9 Å². The van der Waals surface area contributed by atoms with Gasteiger partial charge in [0.1, 0.15) is 23.4 Å². The predicted octanol–water partition coefficient (Wildman–Crippen LogP) is 4.68. The smallest absolute Gasteiger partial charge is 0.338 e. The van der Waals surface area contributed by atoms with Gasteiger partial charge in [-0.2, -0.15) is 0 Å². The Morgan fingerprint density at radius 3 is 2.40 bits per heavy atom. The van der Waals surface area contributed by atoms with Crippen LogP contribution in [0.3, 0.4) is 0 Å². The van der Waals surface area contributed by atoms with Gasteiger partial charge >= 0.3 is 5.97 Å². The van der Waals surface area contributed by atoms with Crippen LogP contribution in [-0.4, -0.2) is 72.5 Å². The fraction of sp³-hybridized carbons (Fsp3) is 0.469. The van der Waals surface area contributed by atoms with Gasteiger partial charge in [-0.05, 0) is 57.0 Å². The van der Waals surface area contributed by atoms with E-state index in [2.05, 4.69) is 0 Å². The van der Waals surface area contributed by atoms with Crippen LogP contribution >= 0.6 is 0 Å². The van der Waals surface area contributed by atoms with Crippen molar-refractivity contribution in [3.8, 4) is 11.5 Å². The molecular formula is C32H41FO10. The van der Waals surface area contributed by atoms with Crippen LogP contribution in [0.15, 0.2) is 60.4 Å². The van der Waals surface area contributed by atoms with Gasteiger partial charge in [-0.15, -0.1) is 0 Å². The standard InChI is InChI=1S/C32H41FO10/c1-19(20(2)34)15-24(33)28(41-31(37)21-11-8-7-9-12-21)29-25(42-32(3,4)43-29)14-10-13-22-16-23(39-6)17-26(40-18-38-5)27(22)30(35)36/h7-13,15-17,19-20,25,28-30,34-36H,14,18H2,1-6H3/t19-,20-,25-,28?,29-/m0/s1. The summed E-state index contributed by atoms with van der Waals surface area (Å²) in [6.45, 7) is 6.38. The minimum absolute atomic E-state index is 0.0883. The zero-order chi connectivity index (χ0) is 31.7. The van der Waals surface area contributed by atoms with E-state index >= 15 is 4.39 Å². The highest BCUT2D eigenvalue weighted by Gasteiger charge is 2.48. The predicted molar refractivity (Wildman–Crippen MR) is 156 cm³/mol. The summed E-state index contributed by atoms with van der Waals surface area (Å²) in [6.07, 6.45) is -1.34. The molecule has 0 radical (unpaired) electrons. The molecule has 0 spiro atoms. The third kappa shape index (κ3) is 9.33. The highest BCUT2D eigenvalue weighted by atomic mass is 19.1. The molecule has 1 aliphatic heterocycles. The zero-order valence-corrected chi connectivity index (χ0v) is 25.2. The van der Waals surface area contributed by atoms with E-state index in [1.54, 1.807) is 69.3 Å². The maximum absolute atomic E-state index is 15.8. The Kier molecular flexibility index (Phi) is 12.3. The molecule has 1 aliphatic rings. The topological polar surface area (TPSA) is 133 Å². The van der Waals surface area contributed by atoms with E-state index in [9.17, 15) is 20.1 Å². The van der Waals surface area contributed by atoms with E-state index in [4.69, 9.17) is 28.4 Å². The Hall–Kier alpha value is -3.32. The molecule has 3 N–H and O–H groups in total. The second kappa shape index (κ2) is 15.4. The monoisotopic (exact) mass is 604 g/mol. The molecule has 1 fully saturated rings. The van der Waals surface area contributed by atoms with Crippen LogP contribution in [0.25, 0.3) is 6.08 Å². The van der Waals surface area contributed by atoms with Crippen molar-refractivity contribution >= 4 is 12.0 Å². The average Bonchev–Trinajstić information content (AvgIpc) is 3.27. The van der Waals surface area contributed by atoms with Crippen LogP contribution in [0.2, 0.25) is 0 Å². The van der Waals surface area contributed by atoms with Crippen molar-refractivity contribution in [3.05, 3.63) is 77.1 Å². The van der Waals surface area contributed by atoms with E-state index in [1.807, 2.05) is 0 Å². The number of aliphatic hydroxyl groups is 3. The SMILES string of the molecule is COCOc1cc(OC)cc(C=CC[C@@H]2OC(C)(C)O[C@@H]2C(OC(=O)c2ccccc2)C(F)=C[C@H](C)[C@H](C)O)c1C(O)O. The number of ether oxygens (including phenoxy) is 6. The number of hydrogen-bond acceptors (Lipinski definition) is 10. The summed E-state index contributed by atoms with van der Waals surface area (Å²) in [5.74, 6) is -2.68. The van der Waals surface area contributed by atoms with E-state index in [1.165, 1.54) is 33.3 Å². The van der Waals surface area contributed by atoms with Crippen molar-refractivity contribution in [1.82, 2.24) is 0 Å². The number of rotatable bonds is 14. The van der Waals surface area contributed by atoms with Crippen LogP contribution in [0, 0.1) is 5.92 Å². The number of hydrogen-bond donors (Lipinski definition) is 3. The van der Waals surface area contributed by atoms with Crippen LogP contribution in [0.1, 0.15) is 61.9 Å². The first-order valence-electron chi connectivity index (χ1n) is 13.9. The highest BCUT2D eigenvalue weighted by molar-refractivity contribution is 5.89. The fourth-order valence-corrected chi connectivity index (χ4v) is 4.55. The summed E-state index contributed by atoms with van der Waals surface area (Å²) < 4.78 is 49.5. The van der Waals surface area contributed by atoms with Gasteiger partial charge in [0.05, 0.1) is 30.4 Å². The first-order valence-corrected chi connectivity index (χ1v) is 13.9. The molecule has 0 amide bonds. The van der Waals surface area contributed by atoms with Gasteiger partial charge in [-0.1, -0.05) is 37.3 Å². The Bertz CT molecular complexity index is 1260. The van der Waals surface area contributed by atoms with Gasteiger partial charge in [-0.3, -0.25) is 0 Å². The number of aliphatic hydroxyl groups excluding tert-OH is 2. The molecule has 0 saturated carbocycles. The van der Waals surface area contributed by atoms with E-state index < -0.39 is 54.2 Å². The van der Waals surface area contributed by atoms with E-state index in [0.717, 1.165) is 0 Å². The van der Waals surface area contributed by atoms with Crippen molar-refractivity contribution in [2.45, 2.75) is 70.6 Å². The summed E-state index contributed by atoms with van der Waals surface area (Å²) in [7, 11) is 2.90. The summed E-state index contributed by atoms with van der Waals surface area (Å²) in [4.78, 5) is 13.0. The molecule has 5 atom stereocenters. The summed E-state index contributed by atoms with van der Waals surface area (Å²) >= 11 is 0. The molecule has 0 bridgehead atoms. The third-order valence-corrected chi connectivity index (χ3v) is 6.86. The largest absolute Gasteiger partial charge is 0.497 e.